The van der Waals surface area contributed by atoms with Crippen LogP contribution >= 0.6 is 0 Å². The van der Waals surface area contributed by atoms with Gasteiger partial charge in [0, 0.05) is 0 Å². The molecule has 0 bridgehead atoms. The molecule has 3 aromatic rings. The van der Waals surface area contributed by atoms with Crippen LogP contribution in [0.2, 0.25) is 0 Å². The van der Waals surface area contributed by atoms with E-state index in [-0.39, 0.29) is 17.2 Å². The SMILES string of the molecule is CCOc1cc(C(CC(=O)O)N2C(=O)c3cc4ccccc4cc3C2=O)ccc1OC1CCCC1. The number of aliphatic carboxylic acids is 1. The summed E-state index contributed by atoms with van der Waals surface area (Å²) in [5.41, 5.74) is 1.08. The van der Waals surface area contributed by atoms with E-state index in [1.807, 2.05) is 31.2 Å². The number of rotatable bonds is 8. The molecule has 0 radical (unpaired) electrons. The van der Waals surface area contributed by atoms with Crippen molar-refractivity contribution in [3.8, 4) is 11.5 Å². The molecular weight excluding hydrogens is 446 g/mol. The number of carboxylic acid groups (broad SMARTS) is 1. The van der Waals surface area contributed by atoms with E-state index in [4.69, 9.17) is 9.47 Å². The lowest BCUT2D eigenvalue weighted by molar-refractivity contribution is -0.138. The molecule has 0 spiro atoms. The van der Waals surface area contributed by atoms with Crippen LogP contribution in [0.5, 0.6) is 11.5 Å². The Bertz CT molecular complexity index is 1260. The van der Waals surface area contributed by atoms with E-state index in [9.17, 15) is 19.5 Å². The topological polar surface area (TPSA) is 93.1 Å². The number of carboxylic acids is 1. The number of carbonyl (C=O) groups is 3. The Morgan fingerprint density at radius 2 is 1.60 bits per heavy atom. The third-order valence-corrected chi connectivity index (χ3v) is 6.71. The summed E-state index contributed by atoms with van der Waals surface area (Å²) in [4.78, 5) is 39.7. The summed E-state index contributed by atoms with van der Waals surface area (Å²) in [6.07, 6.45) is 3.93. The van der Waals surface area contributed by atoms with Gasteiger partial charge in [-0.25, -0.2) is 0 Å². The molecule has 0 aromatic heterocycles. The van der Waals surface area contributed by atoms with Gasteiger partial charge in [-0.15, -0.1) is 0 Å². The van der Waals surface area contributed by atoms with Crippen molar-refractivity contribution < 1.29 is 29.0 Å². The summed E-state index contributed by atoms with van der Waals surface area (Å²) < 4.78 is 12.0. The van der Waals surface area contributed by atoms with Crippen LogP contribution < -0.4 is 9.47 Å². The van der Waals surface area contributed by atoms with Crippen molar-refractivity contribution in [2.75, 3.05) is 6.61 Å². The Balaban J connectivity index is 1.53. The molecular formula is C28H27NO6. The van der Waals surface area contributed by atoms with Gasteiger partial charge in [-0.1, -0.05) is 30.3 Å². The molecule has 180 valence electrons. The molecule has 1 N–H and O–H groups in total. The highest BCUT2D eigenvalue weighted by Gasteiger charge is 2.42. The zero-order valence-corrected chi connectivity index (χ0v) is 19.5. The summed E-state index contributed by atoms with van der Waals surface area (Å²) in [5, 5.41) is 11.3. The summed E-state index contributed by atoms with van der Waals surface area (Å²) >= 11 is 0. The van der Waals surface area contributed by atoms with E-state index in [0.717, 1.165) is 41.4 Å². The number of nitrogens with zero attached hydrogens (tertiary/aromatic N) is 1. The molecule has 1 fully saturated rings. The zero-order chi connectivity index (χ0) is 24.5. The third kappa shape index (κ3) is 4.34. The average molecular weight is 474 g/mol. The number of ether oxygens (including phenoxy) is 2. The number of hydrogen-bond acceptors (Lipinski definition) is 5. The van der Waals surface area contributed by atoms with Crippen LogP contribution in [0.25, 0.3) is 10.8 Å². The Kier molecular flexibility index (Phi) is 6.16. The number of fused-ring (bicyclic) bond motifs is 2. The van der Waals surface area contributed by atoms with Gasteiger partial charge in [-0.05, 0) is 73.2 Å². The molecule has 0 saturated heterocycles. The first-order valence-electron chi connectivity index (χ1n) is 12.0. The Morgan fingerprint density at radius 3 is 2.17 bits per heavy atom. The van der Waals surface area contributed by atoms with E-state index < -0.39 is 30.2 Å². The van der Waals surface area contributed by atoms with Gasteiger partial charge in [0.25, 0.3) is 11.8 Å². The largest absolute Gasteiger partial charge is 0.490 e. The first-order valence-corrected chi connectivity index (χ1v) is 12.0. The van der Waals surface area contributed by atoms with E-state index in [2.05, 4.69) is 0 Å². The second-order valence-corrected chi connectivity index (χ2v) is 9.00. The van der Waals surface area contributed by atoms with Crippen molar-refractivity contribution in [1.82, 2.24) is 4.90 Å². The highest BCUT2D eigenvalue weighted by molar-refractivity contribution is 6.23. The van der Waals surface area contributed by atoms with Crippen molar-refractivity contribution in [1.29, 1.82) is 0 Å². The minimum atomic E-state index is -1.11. The lowest BCUT2D eigenvalue weighted by Crippen LogP contribution is -2.35. The molecule has 2 amide bonds. The number of hydrogen-bond donors (Lipinski definition) is 1. The van der Waals surface area contributed by atoms with E-state index in [1.165, 1.54) is 0 Å². The fraction of sp³-hybridized carbons (Fsp3) is 0.321. The van der Waals surface area contributed by atoms with Crippen LogP contribution in [0.1, 0.15) is 71.3 Å². The van der Waals surface area contributed by atoms with Gasteiger partial charge < -0.3 is 14.6 Å². The first-order chi connectivity index (χ1) is 17.0. The van der Waals surface area contributed by atoms with Gasteiger partial charge in [0.2, 0.25) is 0 Å². The first kappa shape index (κ1) is 22.9. The predicted molar refractivity (Wildman–Crippen MR) is 130 cm³/mol. The molecule has 1 aliphatic carbocycles. The minimum Gasteiger partial charge on any atom is -0.490 e. The molecule has 1 unspecified atom stereocenters. The number of benzene rings is 3. The Morgan fingerprint density at radius 1 is 0.971 bits per heavy atom. The molecule has 2 aliphatic rings. The molecule has 1 saturated carbocycles. The summed E-state index contributed by atoms with van der Waals surface area (Å²) in [7, 11) is 0. The van der Waals surface area contributed by atoms with Crippen molar-refractivity contribution >= 4 is 28.6 Å². The normalized spacial score (nSPS) is 16.5. The molecule has 3 aromatic carbocycles. The highest BCUT2D eigenvalue weighted by atomic mass is 16.5. The van der Waals surface area contributed by atoms with Crippen LogP contribution in [0.3, 0.4) is 0 Å². The molecule has 1 heterocycles. The van der Waals surface area contributed by atoms with Crippen LogP contribution in [-0.2, 0) is 4.79 Å². The maximum atomic E-state index is 13.4. The second-order valence-electron chi connectivity index (χ2n) is 9.00. The molecule has 35 heavy (non-hydrogen) atoms. The van der Waals surface area contributed by atoms with Gasteiger partial charge in [0.05, 0.1) is 36.3 Å². The van der Waals surface area contributed by atoms with Crippen LogP contribution in [0, 0.1) is 0 Å². The Hall–Kier alpha value is -3.87. The van der Waals surface area contributed by atoms with Gasteiger partial charge in [0.15, 0.2) is 11.5 Å². The standard InChI is InChI=1S/C28H27NO6/c1-2-34-25-15-19(11-12-24(25)35-20-9-5-6-10-20)23(16-26(30)31)29-27(32)21-13-17-7-3-4-8-18(17)14-22(21)28(29)33/h3-4,7-8,11-15,20,23H,2,5-6,9-10,16H2,1H3,(H,30,31). The molecule has 7 heteroatoms. The third-order valence-electron chi connectivity index (χ3n) is 6.71. The van der Waals surface area contributed by atoms with Crippen molar-refractivity contribution in [3.63, 3.8) is 0 Å². The van der Waals surface area contributed by atoms with Gasteiger partial charge in [-0.2, -0.15) is 0 Å². The van der Waals surface area contributed by atoms with Crippen LogP contribution in [0.15, 0.2) is 54.6 Å². The van der Waals surface area contributed by atoms with Gasteiger partial charge in [0.1, 0.15) is 0 Å². The smallest absolute Gasteiger partial charge is 0.305 e. The quantitative estimate of drug-likeness (QED) is 0.442. The second kappa shape index (κ2) is 9.41. The molecule has 7 nitrogen and oxygen atoms in total. The molecule has 5 rings (SSSR count). The number of amides is 2. The summed E-state index contributed by atoms with van der Waals surface area (Å²) in [6.45, 7) is 2.25. The minimum absolute atomic E-state index is 0.125. The predicted octanol–water partition coefficient (Wildman–Crippen LogP) is 5.37. The number of imide groups is 1. The Labute approximate surface area is 203 Å². The maximum Gasteiger partial charge on any atom is 0.305 e. The average Bonchev–Trinajstić information content (AvgIpc) is 3.44. The monoisotopic (exact) mass is 473 g/mol. The van der Waals surface area contributed by atoms with E-state index >= 15 is 0 Å². The van der Waals surface area contributed by atoms with Crippen molar-refractivity contribution in [2.45, 2.75) is 51.2 Å². The van der Waals surface area contributed by atoms with Crippen molar-refractivity contribution in [3.05, 3.63) is 71.3 Å². The summed E-state index contributed by atoms with van der Waals surface area (Å²) in [5.74, 6) is -1.03. The van der Waals surface area contributed by atoms with Crippen molar-refractivity contribution in [2.24, 2.45) is 0 Å². The molecule has 1 aliphatic heterocycles. The van der Waals surface area contributed by atoms with Crippen LogP contribution in [-0.4, -0.2) is 40.5 Å². The zero-order valence-electron chi connectivity index (χ0n) is 19.5. The summed E-state index contributed by atoms with van der Waals surface area (Å²) in [6, 6.07) is 15.1. The van der Waals surface area contributed by atoms with Crippen LogP contribution in [0.4, 0.5) is 0 Å². The molecule has 1 atom stereocenters. The van der Waals surface area contributed by atoms with Gasteiger partial charge in [-0.3, -0.25) is 19.3 Å². The van der Waals surface area contributed by atoms with E-state index in [1.54, 1.807) is 30.3 Å². The fourth-order valence-corrected chi connectivity index (χ4v) is 5.04. The van der Waals surface area contributed by atoms with Gasteiger partial charge >= 0.3 is 5.97 Å². The fourth-order valence-electron chi connectivity index (χ4n) is 5.04. The maximum absolute atomic E-state index is 13.4. The van der Waals surface area contributed by atoms with E-state index in [0.29, 0.717) is 23.7 Å². The number of carbonyl (C=O) groups excluding carboxylic acids is 2. The lowest BCUT2D eigenvalue weighted by atomic mass is 10.0. The highest BCUT2D eigenvalue weighted by Crippen LogP contribution is 2.39. The lowest BCUT2D eigenvalue weighted by Gasteiger charge is -2.26.